The fraction of sp³-hybridized carbons (Fsp3) is 0.923. The summed E-state index contributed by atoms with van der Waals surface area (Å²) in [6, 6.07) is 0. The number of hydrogen-bond donors (Lipinski definition) is 2. The monoisotopic (exact) mass is 241 g/mol. The van der Waals surface area contributed by atoms with Crippen molar-refractivity contribution in [3.05, 3.63) is 0 Å². The van der Waals surface area contributed by atoms with Gasteiger partial charge in [-0.25, -0.2) is 0 Å². The highest BCUT2D eigenvalue weighted by atomic mass is 16.2. The zero-order chi connectivity index (χ0) is 12.9. The number of nitrogens with one attached hydrogen (secondary N) is 1. The summed E-state index contributed by atoms with van der Waals surface area (Å²) in [4.78, 5) is 14.3. The van der Waals surface area contributed by atoms with Gasteiger partial charge in [-0.1, -0.05) is 13.8 Å². The van der Waals surface area contributed by atoms with Crippen LogP contribution in [0.2, 0.25) is 0 Å². The van der Waals surface area contributed by atoms with Crippen molar-refractivity contribution < 1.29 is 4.79 Å². The summed E-state index contributed by atoms with van der Waals surface area (Å²) < 4.78 is 0. The van der Waals surface area contributed by atoms with Crippen LogP contribution in [-0.2, 0) is 4.79 Å². The number of nitrogens with two attached hydrogens (primary N) is 1. The third-order valence-corrected chi connectivity index (χ3v) is 3.66. The minimum atomic E-state index is -0.338. The molecule has 0 aliphatic carbocycles. The predicted molar refractivity (Wildman–Crippen MR) is 70.7 cm³/mol. The minimum Gasteiger partial charge on any atom is -0.355 e. The lowest BCUT2D eigenvalue weighted by atomic mass is 9.88. The van der Waals surface area contributed by atoms with Crippen molar-refractivity contribution in [3.8, 4) is 0 Å². The van der Waals surface area contributed by atoms with Gasteiger partial charge in [0.2, 0.25) is 5.91 Å². The summed E-state index contributed by atoms with van der Waals surface area (Å²) in [6.07, 6.45) is 3.20. The summed E-state index contributed by atoms with van der Waals surface area (Å²) in [5.41, 5.74) is 5.18. The Labute approximate surface area is 105 Å². The molecule has 1 aliphatic heterocycles. The second-order valence-electron chi connectivity index (χ2n) is 5.90. The molecule has 1 saturated heterocycles. The standard InChI is InChI=1S/C13H27N3O/c1-13(2,6-7-14)12(17)15-9-11-5-4-8-16(3)10-11/h11H,4-10,14H2,1-3H3,(H,15,17). The van der Waals surface area contributed by atoms with E-state index in [1.54, 1.807) is 0 Å². The molecule has 1 heterocycles. The lowest BCUT2D eigenvalue weighted by Gasteiger charge is -2.31. The molecule has 1 aliphatic rings. The molecular weight excluding hydrogens is 214 g/mol. The van der Waals surface area contributed by atoms with E-state index in [1.165, 1.54) is 19.4 Å². The Bertz CT molecular complexity index is 253. The number of nitrogens with zero attached hydrogens (tertiary/aromatic N) is 1. The smallest absolute Gasteiger partial charge is 0.225 e. The van der Waals surface area contributed by atoms with Crippen LogP contribution in [0.15, 0.2) is 0 Å². The Hall–Kier alpha value is -0.610. The largest absolute Gasteiger partial charge is 0.355 e. The molecule has 1 fully saturated rings. The lowest BCUT2D eigenvalue weighted by Crippen LogP contribution is -2.43. The van der Waals surface area contributed by atoms with Crippen LogP contribution in [0.25, 0.3) is 0 Å². The second-order valence-corrected chi connectivity index (χ2v) is 5.90. The molecule has 4 heteroatoms. The Kier molecular flexibility index (Phi) is 5.40. The van der Waals surface area contributed by atoms with E-state index in [0.717, 1.165) is 19.5 Å². The summed E-state index contributed by atoms with van der Waals surface area (Å²) >= 11 is 0. The quantitative estimate of drug-likeness (QED) is 0.749. The molecule has 0 saturated carbocycles. The number of rotatable bonds is 5. The first-order valence-electron chi connectivity index (χ1n) is 6.62. The van der Waals surface area contributed by atoms with Gasteiger partial charge in [0.1, 0.15) is 0 Å². The summed E-state index contributed by atoms with van der Waals surface area (Å²) in [5, 5.41) is 3.08. The third kappa shape index (κ3) is 4.64. The van der Waals surface area contributed by atoms with Gasteiger partial charge in [0.15, 0.2) is 0 Å². The van der Waals surface area contributed by atoms with Gasteiger partial charge in [0, 0.05) is 18.5 Å². The average Bonchev–Trinajstić information content (AvgIpc) is 2.26. The number of piperidine rings is 1. The van der Waals surface area contributed by atoms with Crippen molar-refractivity contribution in [2.24, 2.45) is 17.1 Å². The van der Waals surface area contributed by atoms with Crippen LogP contribution in [0.4, 0.5) is 0 Å². The first-order valence-corrected chi connectivity index (χ1v) is 6.62. The fourth-order valence-corrected chi connectivity index (χ4v) is 2.39. The maximum atomic E-state index is 12.0. The zero-order valence-corrected chi connectivity index (χ0v) is 11.5. The van der Waals surface area contributed by atoms with Crippen molar-refractivity contribution >= 4 is 5.91 Å². The Morgan fingerprint density at radius 1 is 1.53 bits per heavy atom. The Morgan fingerprint density at radius 3 is 2.82 bits per heavy atom. The average molecular weight is 241 g/mol. The maximum Gasteiger partial charge on any atom is 0.225 e. The number of hydrogen-bond acceptors (Lipinski definition) is 3. The van der Waals surface area contributed by atoms with Crippen LogP contribution < -0.4 is 11.1 Å². The molecular formula is C13H27N3O. The SMILES string of the molecule is CN1CCCC(CNC(=O)C(C)(C)CCN)C1. The summed E-state index contributed by atoms with van der Waals surface area (Å²) in [5.74, 6) is 0.738. The number of carbonyl (C=O) groups excluding carboxylic acids is 1. The molecule has 1 atom stereocenters. The van der Waals surface area contributed by atoms with Gasteiger partial charge in [0.05, 0.1) is 0 Å². The molecule has 1 amide bonds. The van der Waals surface area contributed by atoms with Crippen LogP contribution in [0.1, 0.15) is 33.1 Å². The molecule has 17 heavy (non-hydrogen) atoms. The number of carbonyl (C=O) groups is 1. The number of amides is 1. The molecule has 0 bridgehead atoms. The molecule has 0 spiro atoms. The van der Waals surface area contributed by atoms with E-state index in [1.807, 2.05) is 13.8 Å². The predicted octanol–water partition coefficient (Wildman–Crippen LogP) is 0.819. The highest BCUT2D eigenvalue weighted by molar-refractivity contribution is 5.81. The number of likely N-dealkylation sites (tertiary alicyclic amines) is 1. The van der Waals surface area contributed by atoms with E-state index in [9.17, 15) is 4.79 Å². The van der Waals surface area contributed by atoms with Crippen molar-refractivity contribution in [2.45, 2.75) is 33.1 Å². The van der Waals surface area contributed by atoms with Crippen LogP contribution in [0.5, 0.6) is 0 Å². The van der Waals surface area contributed by atoms with Gasteiger partial charge >= 0.3 is 0 Å². The van der Waals surface area contributed by atoms with Crippen LogP contribution >= 0.6 is 0 Å². The molecule has 0 aromatic carbocycles. The molecule has 0 aromatic rings. The van der Waals surface area contributed by atoms with Gasteiger partial charge in [-0.3, -0.25) is 4.79 Å². The molecule has 3 N–H and O–H groups in total. The van der Waals surface area contributed by atoms with Gasteiger partial charge in [-0.05, 0) is 45.3 Å². The van der Waals surface area contributed by atoms with Crippen molar-refractivity contribution in [2.75, 3.05) is 33.2 Å². The van der Waals surface area contributed by atoms with Gasteiger partial charge in [0.25, 0.3) is 0 Å². The zero-order valence-electron chi connectivity index (χ0n) is 11.5. The molecule has 0 radical (unpaired) electrons. The van der Waals surface area contributed by atoms with Gasteiger partial charge in [-0.2, -0.15) is 0 Å². The van der Waals surface area contributed by atoms with Crippen LogP contribution in [0.3, 0.4) is 0 Å². The first kappa shape index (κ1) is 14.5. The minimum absolute atomic E-state index is 0.135. The highest BCUT2D eigenvalue weighted by Gasteiger charge is 2.27. The highest BCUT2D eigenvalue weighted by Crippen LogP contribution is 2.20. The fourth-order valence-electron chi connectivity index (χ4n) is 2.39. The molecule has 0 aromatic heterocycles. The Balaban J connectivity index is 2.32. The van der Waals surface area contributed by atoms with Crippen molar-refractivity contribution in [1.29, 1.82) is 0 Å². The van der Waals surface area contributed by atoms with E-state index in [4.69, 9.17) is 5.73 Å². The summed E-state index contributed by atoms with van der Waals surface area (Å²) in [6.45, 7) is 7.56. The van der Waals surface area contributed by atoms with Crippen molar-refractivity contribution in [3.63, 3.8) is 0 Å². The van der Waals surface area contributed by atoms with E-state index >= 15 is 0 Å². The van der Waals surface area contributed by atoms with E-state index < -0.39 is 0 Å². The first-order chi connectivity index (χ1) is 7.95. The Morgan fingerprint density at radius 2 is 2.24 bits per heavy atom. The second kappa shape index (κ2) is 6.36. The summed E-state index contributed by atoms with van der Waals surface area (Å²) in [7, 11) is 2.15. The van der Waals surface area contributed by atoms with Gasteiger partial charge < -0.3 is 16.0 Å². The van der Waals surface area contributed by atoms with E-state index in [2.05, 4.69) is 17.3 Å². The molecule has 1 unspecified atom stereocenters. The topological polar surface area (TPSA) is 58.4 Å². The van der Waals surface area contributed by atoms with Gasteiger partial charge in [-0.15, -0.1) is 0 Å². The molecule has 1 rings (SSSR count). The lowest BCUT2D eigenvalue weighted by molar-refractivity contribution is -0.129. The van der Waals surface area contributed by atoms with Crippen LogP contribution in [0, 0.1) is 11.3 Å². The van der Waals surface area contributed by atoms with E-state index in [0.29, 0.717) is 12.5 Å². The molecule has 4 nitrogen and oxygen atoms in total. The third-order valence-electron chi connectivity index (χ3n) is 3.66. The van der Waals surface area contributed by atoms with E-state index in [-0.39, 0.29) is 11.3 Å². The normalized spacial score (nSPS) is 22.5. The van der Waals surface area contributed by atoms with Crippen LogP contribution in [-0.4, -0.2) is 44.0 Å². The van der Waals surface area contributed by atoms with Crippen molar-refractivity contribution in [1.82, 2.24) is 10.2 Å². The maximum absolute atomic E-state index is 12.0. The molecule has 100 valence electrons.